The van der Waals surface area contributed by atoms with Crippen LogP contribution in [0.5, 0.6) is 0 Å². The summed E-state index contributed by atoms with van der Waals surface area (Å²) in [5.41, 5.74) is 12.7. The van der Waals surface area contributed by atoms with Crippen molar-refractivity contribution in [3.63, 3.8) is 0 Å². The minimum absolute atomic E-state index is 0.0886. The Morgan fingerprint density at radius 1 is 1.36 bits per heavy atom. The molecule has 186 valence electrons. The van der Waals surface area contributed by atoms with Gasteiger partial charge in [-0.3, -0.25) is 14.5 Å². The van der Waals surface area contributed by atoms with Crippen molar-refractivity contribution in [2.24, 2.45) is 5.16 Å². The van der Waals surface area contributed by atoms with E-state index in [1.165, 1.54) is 35.1 Å². The van der Waals surface area contributed by atoms with Crippen molar-refractivity contribution in [1.29, 1.82) is 0 Å². The Morgan fingerprint density at radius 2 is 2.17 bits per heavy atom. The first-order valence-electron chi connectivity index (χ1n) is 10.4. The minimum Gasteiger partial charge on any atom is -0.477 e. The second kappa shape index (κ2) is 9.36. The highest BCUT2D eigenvalue weighted by Crippen LogP contribution is 2.40. The summed E-state index contributed by atoms with van der Waals surface area (Å²) in [6.45, 7) is 0.247. The van der Waals surface area contributed by atoms with Gasteiger partial charge >= 0.3 is 5.97 Å². The number of carbonyl (C=O) groups excluding carboxylic acids is 2. The SMILES string of the molecule is CON=C(C(=O)NC1C(=O)N2C(C(=O)O)=C(C[n+]3cccc4nc(N)sc43)CS[C@@H]12)c1csc(N)n1. The van der Waals surface area contributed by atoms with Gasteiger partial charge in [-0.2, -0.15) is 4.57 Å². The highest BCUT2D eigenvalue weighted by molar-refractivity contribution is 8.00. The molecular formula is C20H19N8O5S3+. The number of carboxylic acids is 1. The molecule has 0 spiro atoms. The van der Waals surface area contributed by atoms with Gasteiger partial charge in [0.25, 0.3) is 16.6 Å². The van der Waals surface area contributed by atoms with Crippen LogP contribution in [0.2, 0.25) is 0 Å². The number of pyridine rings is 1. The summed E-state index contributed by atoms with van der Waals surface area (Å²) in [7, 11) is 1.28. The van der Waals surface area contributed by atoms with Crippen molar-refractivity contribution >= 4 is 78.5 Å². The number of anilines is 2. The molecule has 2 aliphatic rings. The maximum atomic E-state index is 13.0. The van der Waals surface area contributed by atoms with Crippen LogP contribution in [0.3, 0.4) is 0 Å². The molecule has 1 saturated heterocycles. The van der Waals surface area contributed by atoms with E-state index >= 15 is 0 Å². The molecule has 5 rings (SSSR count). The van der Waals surface area contributed by atoms with Gasteiger partial charge in [-0.05, 0) is 17.4 Å². The molecule has 0 bridgehead atoms. The predicted molar refractivity (Wildman–Crippen MR) is 134 cm³/mol. The van der Waals surface area contributed by atoms with Crippen LogP contribution in [0.1, 0.15) is 5.69 Å². The quantitative estimate of drug-likeness (QED) is 0.135. The van der Waals surface area contributed by atoms with Crippen molar-refractivity contribution < 1.29 is 28.9 Å². The van der Waals surface area contributed by atoms with Gasteiger partial charge < -0.3 is 26.7 Å². The van der Waals surface area contributed by atoms with E-state index in [1.54, 1.807) is 11.4 Å². The summed E-state index contributed by atoms with van der Waals surface area (Å²) in [5, 5.41) is 17.9. The number of thioether (sulfide) groups is 1. The van der Waals surface area contributed by atoms with E-state index in [-0.39, 0.29) is 28.8 Å². The van der Waals surface area contributed by atoms with Gasteiger partial charge in [-0.15, -0.1) is 23.1 Å². The molecule has 1 fully saturated rings. The number of β-lactam (4-membered cyclic amide) rings is 1. The molecule has 36 heavy (non-hydrogen) atoms. The normalized spacial score (nSPS) is 19.8. The molecule has 0 aromatic carbocycles. The van der Waals surface area contributed by atoms with E-state index < -0.39 is 29.2 Å². The lowest BCUT2D eigenvalue weighted by Gasteiger charge is -2.49. The monoisotopic (exact) mass is 547 g/mol. The number of hydrogen-bond donors (Lipinski definition) is 4. The Bertz CT molecular complexity index is 1460. The van der Waals surface area contributed by atoms with Crippen LogP contribution in [0.15, 0.2) is 40.1 Å². The fourth-order valence-corrected chi connectivity index (χ4v) is 6.68. The fraction of sp³-hybridized carbons (Fsp3) is 0.250. The molecule has 6 N–H and O–H groups in total. The lowest BCUT2D eigenvalue weighted by molar-refractivity contribution is -0.661. The third-order valence-electron chi connectivity index (χ3n) is 5.49. The minimum atomic E-state index is -1.22. The van der Waals surface area contributed by atoms with Gasteiger partial charge in [0.05, 0.1) is 0 Å². The molecule has 13 nitrogen and oxygen atoms in total. The number of nitrogens with one attached hydrogen (secondary N) is 1. The van der Waals surface area contributed by atoms with E-state index in [2.05, 4.69) is 20.4 Å². The van der Waals surface area contributed by atoms with Crippen molar-refractivity contribution in [2.75, 3.05) is 24.3 Å². The molecule has 5 heterocycles. The number of aromatic nitrogens is 3. The number of nitrogen functional groups attached to an aromatic ring is 2. The van der Waals surface area contributed by atoms with Gasteiger partial charge in [-0.25, -0.2) is 14.8 Å². The number of fused-ring (bicyclic) bond motifs is 2. The van der Waals surface area contributed by atoms with E-state index in [4.69, 9.17) is 16.3 Å². The zero-order valence-electron chi connectivity index (χ0n) is 18.6. The average molecular weight is 548 g/mol. The van der Waals surface area contributed by atoms with Crippen molar-refractivity contribution in [2.45, 2.75) is 18.0 Å². The van der Waals surface area contributed by atoms with E-state index in [9.17, 15) is 19.5 Å². The number of nitrogens with two attached hydrogens (primary N) is 2. The Morgan fingerprint density at radius 3 is 2.86 bits per heavy atom. The first kappa shape index (κ1) is 24.0. The average Bonchev–Trinajstić information content (AvgIpc) is 3.45. The number of hydrogen-bond acceptors (Lipinski definition) is 12. The van der Waals surface area contributed by atoms with Crippen LogP contribution in [0.4, 0.5) is 10.3 Å². The summed E-state index contributed by atoms with van der Waals surface area (Å²) >= 11 is 3.79. The number of carbonyl (C=O) groups is 3. The Labute approximate surface area is 215 Å². The van der Waals surface area contributed by atoms with Crippen molar-refractivity contribution in [1.82, 2.24) is 20.2 Å². The number of carboxylic acid groups (broad SMARTS) is 1. The Hall–Kier alpha value is -3.76. The number of amides is 2. The first-order valence-corrected chi connectivity index (χ1v) is 13.1. The lowest BCUT2D eigenvalue weighted by atomic mass is 10.0. The summed E-state index contributed by atoms with van der Waals surface area (Å²) < 4.78 is 1.86. The predicted octanol–water partition coefficient (Wildman–Crippen LogP) is -0.00600. The first-order chi connectivity index (χ1) is 17.3. The third-order valence-corrected chi connectivity index (χ3v) is 8.44. The highest BCUT2D eigenvalue weighted by Gasteiger charge is 2.55. The largest absolute Gasteiger partial charge is 0.477 e. The van der Waals surface area contributed by atoms with Crippen LogP contribution in [0.25, 0.3) is 10.3 Å². The van der Waals surface area contributed by atoms with Gasteiger partial charge in [0.15, 0.2) is 28.7 Å². The third kappa shape index (κ3) is 4.12. The van der Waals surface area contributed by atoms with Crippen LogP contribution in [-0.2, 0) is 25.8 Å². The van der Waals surface area contributed by atoms with Crippen LogP contribution in [0, 0.1) is 0 Å². The maximum absolute atomic E-state index is 13.0. The number of aliphatic carboxylic acids is 1. The Kier molecular flexibility index (Phi) is 6.23. The van der Waals surface area contributed by atoms with Crippen molar-refractivity contribution in [3.8, 4) is 0 Å². The molecule has 2 atom stereocenters. The molecule has 2 aliphatic heterocycles. The van der Waals surface area contributed by atoms with E-state index in [1.807, 2.05) is 16.8 Å². The molecule has 16 heteroatoms. The highest BCUT2D eigenvalue weighted by atomic mass is 32.2. The summed E-state index contributed by atoms with van der Waals surface area (Å²) in [6, 6.07) is 2.69. The van der Waals surface area contributed by atoms with Crippen LogP contribution >= 0.6 is 34.4 Å². The molecule has 3 aromatic rings. The lowest BCUT2D eigenvalue weighted by Crippen LogP contribution is -2.71. The molecule has 0 radical (unpaired) electrons. The second-order valence-corrected chi connectivity index (χ2v) is 10.7. The number of thiazole rings is 2. The fourth-order valence-electron chi connectivity index (χ4n) is 4.00. The maximum Gasteiger partial charge on any atom is 0.352 e. The summed E-state index contributed by atoms with van der Waals surface area (Å²) in [5.74, 6) is -2.08. The topological polar surface area (TPSA) is 190 Å². The zero-order valence-corrected chi connectivity index (χ0v) is 21.0. The van der Waals surface area contributed by atoms with Gasteiger partial charge in [0.2, 0.25) is 0 Å². The van der Waals surface area contributed by atoms with Crippen LogP contribution < -0.4 is 21.4 Å². The number of oxime groups is 1. The summed E-state index contributed by atoms with van der Waals surface area (Å²) in [4.78, 5) is 53.2. The zero-order chi connectivity index (χ0) is 25.6. The number of rotatable bonds is 7. The van der Waals surface area contributed by atoms with E-state index in [0.29, 0.717) is 22.0 Å². The van der Waals surface area contributed by atoms with E-state index in [0.717, 1.165) is 16.2 Å². The van der Waals surface area contributed by atoms with Crippen LogP contribution in [-0.4, -0.2) is 67.7 Å². The standard InChI is InChI=1S/C20H18N8O5S3/c1-33-26-11(10-7-35-19(21)24-10)14(29)25-12-15(30)28-13(18(31)32)8(6-34-17(12)28)5-27-4-2-3-9-16(27)36-20(22)23-9/h2-4,7,12,17H,5-6H2,1H3,(H5-,21,22,23,24,25,29,31,32)/p+1/t12?,17-/m0/s1. The number of nitrogens with zero attached hydrogens (tertiary/aromatic N) is 5. The molecular weight excluding hydrogens is 528 g/mol. The molecule has 0 saturated carbocycles. The molecule has 1 unspecified atom stereocenters. The Balaban J connectivity index is 1.38. The van der Waals surface area contributed by atoms with Gasteiger partial charge in [-0.1, -0.05) is 5.16 Å². The molecule has 3 aromatic heterocycles. The van der Waals surface area contributed by atoms with Gasteiger partial charge in [0, 0.05) is 22.8 Å². The molecule has 0 aliphatic carbocycles. The van der Waals surface area contributed by atoms with Gasteiger partial charge in [0.1, 0.15) is 35.4 Å². The smallest absolute Gasteiger partial charge is 0.352 e. The van der Waals surface area contributed by atoms with Crippen molar-refractivity contribution in [3.05, 3.63) is 40.7 Å². The second-order valence-electron chi connectivity index (χ2n) is 7.69. The summed E-state index contributed by atoms with van der Waals surface area (Å²) in [6.07, 6.45) is 1.81. The molecule has 2 amide bonds.